The highest BCUT2D eigenvalue weighted by atomic mass is 19.1. The van der Waals surface area contributed by atoms with Crippen LogP contribution < -0.4 is 0 Å². The van der Waals surface area contributed by atoms with Gasteiger partial charge in [0.05, 0.1) is 12.1 Å². The lowest BCUT2D eigenvalue weighted by Crippen LogP contribution is -2.42. The van der Waals surface area contributed by atoms with Gasteiger partial charge in [0.2, 0.25) is 0 Å². The summed E-state index contributed by atoms with van der Waals surface area (Å²) in [4.78, 5) is 17.0. The van der Waals surface area contributed by atoms with Gasteiger partial charge in [-0.1, -0.05) is 24.3 Å². The van der Waals surface area contributed by atoms with Gasteiger partial charge < -0.3 is 9.80 Å². The number of halogens is 2. The first-order chi connectivity index (χ1) is 12.6. The van der Waals surface area contributed by atoms with Crippen LogP contribution in [0.5, 0.6) is 0 Å². The van der Waals surface area contributed by atoms with E-state index in [1.807, 2.05) is 21.9 Å². The molecule has 2 heterocycles. The molecule has 4 rings (SSSR count). The van der Waals surface area contributed by atoms with Crippen LogP contribution in [-0.2, 0) is 0 Å². The van der Waals surface area contributed by atoms with Crippen molar-refractivity contribution in [3.05, 3.63) is 71.3 Å². The summed E-state index contributed by atoms with van der Waals surface area (Å²) in [6, 6.07) is 12.8. The van der Waals surface area contributed by atoms with Crippen molar-refractivity contribution in [2.45, 2.75) is 37.8 Å². The average Bonchev–Trinajstić information content (AvgIpc) is 3.31. The molecule has 5 heteroatoms. The minimum Gasteiger partial charge on any atom is -0.318 e. The van der Waals surface area contributed by atoms with Gasteiger partial charge in [-0.05, 0) is 61.1 Å². The number of likely N-dealkylation sites (tertiary alicyclic amines) is 2. The van der Waals surface area contributed by atoms with Gasteiger partial charge in [0.15, 0.2) is 0 Å². The second-order valence-corrected chi connectivity index (χ2v) is 7.10. The quantitative estimate of drug-likeness (QED) is 0.738. The van der Waals surface area contributed by atoms with E-state index < -0.39 is 0 Å². The highest BCUT2D eigenvalue weighted by Crippen LogP contribution is 2.38. The maximum Gasteiger partial charge on any atom is 0.321 e. The molecule has 2 saturated heterocycles. The first-order valence-electron chi connectivity index (χ1n) is 9.21. The Labute approximate surface area is 152 Å². The van der Waals surface area contributed by atoms with Crippen LogP contribution in [0.25, 0.3) is 0 Å². The van der Waals surface area contributed by atoms with E-state index in [-0.39, 0.29) is 29.7 Å². The van der Waals surface area contributed by atoms with Crippen molar-refractivity contribution in [3.8, 4) is 0 Å². The highest BCUT2D eigenvalue weighted by molar-refractivity contribution is 5.76. The Balaban J connectivity index is 1.57. The molecule has 3 nitrogen and oxygen atoms in total. The third kappa shape index (κ3) is 3.18. The molecule has 0 spiro atoms. The van der Waals surface area contributed by atoms with Crippen LogP contribution in [0.1, 0.15) is 48.9 Å². The molecule has 0 saturated carbocycles. The van der Waals surface area contributed by atoms with Crippen molar-refractivity contribution >= 4 is 6.03 Å². The molecule has 2 atom stereocenters. The fourth-order valence-electron chi connectivity index (χ4n) is 4.28. The van der Waals surface area contributed by atoms with Gasteiger partial charge in [0, 0.05) is 13.1 Å². The van der Waals surface area contributed by atoms with Gasteiger partial charge in [0.25, 0.3) is 0 Å². The molecular weight excluding hydrogens is 334 g/mol. The zero-order chi connectivity index (χ0) is 18.1. The lowest BCUT2D eigenvalue weighted by atomic mass is 10.0. The monoisotopic (exact) mass is 356 g/mol. The smallest absolute Gasteiger partial charge is 0.318 e. The molecule has 2 aliphatic rings. The third-order valence-corrected chi connectivity index (χ3v) is 5.46. The number of amides is 2. The van der Waals surface area contributed by atoms with E-state index in [0.29, 0.717) is 13.1 Å². The SMILES string of the molecule is O=C(N1CCCC1c1cccc(F)c1)N1CCCC1c1cccc(F)c1. The van der Waals surface area contributed by atoms with Gasteiger partial charge in [-0.15, -0.1) is 0 Å². The molecule has 0 radical (unpaired) electrons. The molecule has 0 N–H and O–H groups in total. The second-order valence-electron chi connectivity index (χ2n) is 7.10. The Bertz CT molecular complexity index is 745. The fraction of sp³-hybridized carbons (Fsp3) is 0.381. The van der Waals surface area contributed by atoms with E-state index >= 15 is 0 Å². The average molecular weight is 356 g/mol. The minimum atomic E-state index is -0.277. The summed E-state index contributed by atoms with van der Waals surface area (Å²) < 4.78 is 27.2. The van der Waals surface area contributed by atoms with E-state index in [4.69, 9.17) is 0 Å². The van der Waals surface area contributed by atoms with Crippen molar-refractivity contribution in [1.29, 1.82) is 0 Å². The van der Waals surface area contributed by atoms with Crippen molar-refractivity contribution in [3.63, 3.8) is 0 Å². The lowest BCUT2D eigenvalue weighted by molar-refractivity contribution is 0.143. The fourth-order valence-corrected chi connectivity index (χ4v) is 4.28. The predicted octanol–water partition coefficient (Wildman–Crippen LogP) is 5.06. The normalized spacial score (nSPS) is 22.8. The van der Waals surface area contributed by atoms with Crippen LogP contribution in [0.15, 0.2) is 48.5 Å². The summed E-state index contributed by atoms with van der Waals surface area (Å²) in [7, 11) is 0. The second kappa shape index (κ2) is 7.06. The van der Waals surface area contributed by atoms with E-state index in [9.17, 15) is 13.6 Å². The number of hydrogen-bond acceptors (Lipinski definition) is 1. The van der Waals surface area contributed by atoms with Gasteiger partial charge in [-0.25, -0.2) is 13.6 Å². The Hall–Kier alpha value is -2.43. The highest BCUT2D eigenvalue weighted by Gasteiger charge is 2.37. The number of nitrogens with zero attached hydrogens (tertiary/aromatic N) is 2. The third-order valence-electron chi connectivity index (χ3n) is 5.46. The molecule has 0 aromatic heterocycles. The summed E-state index contributed by atoms with van der Waals surface area (Å²) in [6.07, 6.45) is 3.50. The molecule has 0 bridgehead atoms. The molecular formula is C21H22F2N2O. The van der Waals surface area contributed by atoms with Crippen LogP contribution in [0.4, 0.5) is 13.6 Å². The molecule has 26 heavy (non-hydrogen) atoms. The zero-order valence-corrected chi connectivity index (χ0v) is 14.6. The molecule has 2 fully saturated rings. The number of benzene rings is 2. The van der Waals surface area contributed by atoms with Crippen LogP contribution >= 0.6 is 0 Å². The Morgan fingerprint density at radius 3 is 1.69 bits per heavy atom. The number of urea groups is 1. The van der Waals surface area contributed by atoms with E-state index in [2.05, 4.69) is 0 Å². The van der Waals surface area contributed by atoms with Crippen LogP contribution in [0.2, 0.25) is 0 Å². The molecule has 0 aliphatic carbocycles. The van der Waals surface area contributed by atoms with Crippen LogP contribution in [0, 0.1) is 11.6 Å². The van der Waals surface area contributed by atoms with E-state index in [0.717, 1.165) is 36.8 Å². The summed E-state index contributed by atoms with van der Waals surface area (Å²) in [5, 5.41) is 0. The summed E-state index contributed by atoms with van der Waals surface area (Å²) in [5.74, 6) is -0.554. The first kappa shape index (κ1) is 17.0. The van der Waals surface area contributed by atoms with Crippen molar-refractivity contribution in [1.82, 2.24) is 9.80 Å². The molecule has 2 amide bonds. The summed E-state index contributed by atoms with van der Waals surface area (Å²) >= 11 is 0. The van der Waals surface area contributed by atoms with Crippen molar-refractivity contribution in [2.75, 3.05) is 13.1 Å². The predicted molar refractivity (Wildman–Crippen MR) is 95.6 cm³/mol. The maximum absolute atomic E-state index is 13.6. The van der Waals surface area contributed by atoms with Gasteiger partial charge in [-0.3, -0.25) is 0 Å². The van der Waals surface area contributed by atoms with Gasteiger partial charge in [-0.2, -0.15) is 0 Å². The number of rotatable bonds is 2. The van der Waals surface area contributed by atoms with E-state index in [1.165, 1.54) is 24.3 Å². The lowest BCUT2D eigenvalue weighted by Gasteiger charge is -2.33. The Morgan fingerprint density at radius 1 is 0.808 bits per heavy atom. The molecule has 136 valence electrons. The first-order valence-corrected chi connectivity index (χ1v) is 9.21. The minimum absolute atomic E-state index is 0.0245. The molecule has 2 aliphatic heterocycles. The number of carbonyl (C=O) groups is 1. The number of hydrogen-bond donors (Lipinski definition) is 0. The standard InChI is InChI=1S/C21H22F2N2O/c22-17-7-1-5-15(13-17)19-9-3-11-24(19)21(26)25-12-4-10-20(25)16-6-2-8-18(23)14-16/h1-2,5-8,13-14,19-20H,3-4,9-12H2. The maximum atomic E-state index is 13.6. The zero-order valence-electron chi connectivity index (χ0n) is 14.6. The van der Waals surface area contributed by atoms with Gasteiger partial charge in [0.1, 0.15) is 11.6 Å². The Kier molecular flexibility index (Phi) is 4.62. The van der Waals surface area contributed by atoms with Crippen molar-refractivity contribution in [2.24, 2.45) is 0 Å². The summed E-state index contributed by atoms with van der Waals surface area (Å²) in [5.41, 5.74) is 1.69. The number of carbonyl (C=O) groups excluding carboxylic acids is 1. The molecule has 2 aromatic rings. The van der Waals surface area contributed by atoms with Crippen LogP contribution in [-0.4, -0.2) is 28.9 Å². The van der Waals surface area contributed by atoms with E-state index in [1.54, 1.807) is 12.1 Å². The van der Waals surface area contributed by atoms with Crippen LogP contribution in [0.3, 0.4) is 0 Å². The molecule has 2 unspecified atom stereocenters. The largest absolute Gasteiger partial charge is 0.321 e. The molecule has 2 aromatic carbocycles. The summed E-state index contributed by atoms with van der Waals surface area (Å²) in [6.45, 7) is 1.35. The Morgan fingerprint density at radius 2 is 1.27 bits per heavy atom. The van der Waals surface area contributed by atoms with Gasteiger partial charge >= 0.3 is 6.03 Å². The topological polar surface area (TPSA) is 23.6 Å². The van der Waals surface area contributed by atoms with Crippen molar-refractivity contribution < 1.29 is 13.6 Å².